The van der Waals surface area contributed by atoms with E-state index in [1.165, 1.54) is 0 Å². The molecule has 2 aromatic heterocycles. The second kappa shape index (κ2) is 9.97. The second-order valence-electron chi connectivity index (χ2n) is 6.78. The van der Waals surface area contributed by atoms with Crippen LogP contribution in [0.1, 0.15) is 28.2 Å². The van der Waals surface area contributed by atoms with Gasteiger partial charge in [0, 0.05) is 50.7 Å². The van der Waals surface area contributed by atoms with Gasteiger partial charge in [-0.2, -0.15) is 0 Å². The summed E-state index contributed by atoms with van der Waals surface area (Å²) >= 11 is 0. The zero-order valence-electron chi connectivity index (χ0n) is 16.8. The van der Waals surface area contributed by atoms with Gasteiger partial charge in [0.1, 0.15) is 18.1 Å². The monoisotopic (exact) mass is 398 g/mol. The summed E-state index contributed by atoms with van der Waals surface area (Å²) in [6.45, 7) is 4.96. The molecule has 0 saturated carbocycles. The zero-order valence-corrected chi connectivity index (χ0v) is 16.8. The Balaban J connectivity index is 1.67. The van der Waals surface area contributed by atoms with Crippen LogP contribution in [0, 0.1) is 6.92 Å². The standard InChI is InChI=1S/C21H26N4O4/c1-16-17(6-4-9-22-16)20(26)18-7-3-8-19(23-18)24-10-5-11-25(13-12-24)21(27)29-15-14-28-2/h3-4,6-9H,5,10-15H2,1-2H3. The van der Waals surface area contributed by atoms with Crippen molar-refractivity contribution in [3.8, 4) is 0 Å². The molecular weight excluding hydrogens is 372 g/mol. The maximum Gasteiger partial charge on any atom is 0.409 e. The molecule has 1 aliphatic heterocycles. The van der Waals surface area contributed by atoms with Crippen LogP contribution in [0.15, 0.2) is 36.5 Å². The molecule has 0 radical (unpaired) electrons. The van der Waals surface area contributed by atoms with E-state index in [9.17, 15) is 9.59 Å². The first kappa shape index (κ1) is 20.7. The highest BCUT2D eigenvalue weighted by atomic mass is 16.6. The van der Waals surface area contributed by atoms with Crippen LogP contribution in [0.3, 0.4) is 0 Å². The summed E-state index contributed by atoms with van der Waals surface area (Å²) < 4.78 is 10.1. The van der Waals surface area contributed by atoms with Crippen molar-refractivity contribution >= 4 is 17.7 Å². The van der Waals surface area contributed by atoms with Gasteiger partial charge in [-0.15, -0.1) is 0 Å². The first-order chi connectivity index (χ1) is 14.1. The van der Waals surface area contributed by atoms with Crippen LogP contribution >= 0.6 is 0 Å². The van der Waals surface area contributed by atoms with E-state index in [0.717, 1.165) is 18.8 Å². The summed E-state index contributed by atoms with van der Waals surface area (Å²) in [6, 6.07) is 8.95. The number of ether oxygens (including phenoxy) is 2. The van der Waals surface area contributed by atoms with Crippen molar-refractivity contribution in [2.75, 3.05) is 51.4 Å². The number of methoxy groups -OCH3 is 1. The third kappa shape index (κ3) is 5.29. The Hall–Kier alpha value is -3.00. The van der Waals surface area contributed by atoms with Crippen molar-refractivity contribution in [1.82, 2.24) is 14.9 Å². The normalized spacial score (nSPS) is 14.4. The Labute approximate surface area is 170 Å². The van der Waals surface area contributed by atoms with Crippen LogP contribution in [0.25, 0.3) is 0 Å². The van der Waals surface area contributed by atoms with Gasteiger partial charge in [0.15, 0.2) is 0 Å². The lowest BCUT2D eigenvalue weighted by Gasteiger charge is -2.23. The van der Waals surface area contributed by atoms with Gasteiger partial charge in [0.25, 0.3) is 0 Å². The van der Waals surface area contributed by atoms with E-state index in [1.54, 1.807) is 36.4 Å². The summed E-state index contributed by atoms with van der Waals surface area (Å²) in [5, 5.41) is 0. The highest BCUT2D eigenvalue weighted by Crippen LogP contribution is 2.17. The van der Waals surface area contributed by atoms with E-state index in [4.69, 9.17) is 9.47 Å². The molecule has 8 nitrogen and oxygen atoms in total. The minimum atomic E-state index is -0.326. The number of anilines is 1. The predicted molar refractivity (Wildman–Crippen MR) is 108 cm³/mol. The number of carbonyl (C=O) groups excluding carboxylic acids is 2. The van der Waals surface area contributed by atoms with E-state index in [0.29, 0.717) is 43.2 Å². The van der Waals surface area contributed by atoms with Gasteiger partial charge >= 0.3 is 6.09 Å². The summed E-state index contributed by atoms with van der Waals surface area (Å²) in [5.41, 5.74) is 1.62. The third-order valence-corrected chi connectivity index (χ3v) is 4.81. The number of hydrogen-bond donors (Lipinski definition) is 0. The van der Waals surface area contributed by atoms with Crippen molar-refractivity contribution in [2.45, 2.75) is 13.3 Å². The second-order valence-corrected chi connectivity index (χ2v) is 6.78. The molecule has 154 valence electrons. The molecule has 0 bridgehead atoms. The molecule has 1 amide bonds. The SMILES string of the molecule is COCCOC(=O)N1CCCN(c2cccc(C(=O)c3cccnc3C)n2)CC1. The number of nitrogens with zero attached hydrogens (tertiary/aromatic N) is 4. The first-order valence-electron chi connectivity index (χ1n) is 9.69. The molecule has 3 heterocycles. The van der Waals surface area contributed by atoms with Crippen molar-refractivity contribution in [3.63, 3.8) is 0 Å². The highest BCUT2D eigenvalue weighted by molar-refractivity contribution is 6.08. The van der Waals surface area contributed by atoms with Crippen LogP contribution in [-0.2, 0) is 9.47 Å². The molecule has 29 heavy (non-hydrogen) atoms. The smallest absolute Gasteiger partial charge is 0.409 e. The van der Waals surface area contributed by atoms with Gasteiger partial charge in [-0.05, 0) is 37.6 Å². The number of ketones is 1. The molecule has 0 N–H and O–H groups in total. The average molecular weight is 398 g/mol. The largest absolute Gasteiger partial charge is 0.447 e. The molecule has 0 aliphatic carbocycles. The fourth-order valence-electron chi connectivity index (χ4n) is 3.22. The Kier molecular flexibility index (Phi) is 7.13. The molecule has 0 unspecified atom stereocenters. The minimum absolute atomic E-state index is 0.143. The average Bonchev–Trinajstić information content (AvgIpc) is 3.00. The van der Waals surface area contributed by atoms with Crippen LogP contribution in [-0.4, -0.2) is 73.2 Å². The summed E-state index contributed by atoms with van der Waals surface area (Å²) in [4.78, 5) is 37.6. The predicted octanol–water partition coefficient (Wildman–Crippen LogP) is 2.31. The first-order valence-corrected chi connectivity index (χ1v) is 9.69. The fourth-order valence-corrected chi connectivity index (χ4v) is 3.22. The van der Waals surface area contributed by atoms with Crippen LogP contribution in [0.2, 0.25) is 0 Å². The van der Waals surface area contributed by atoms with E-state index in [-0.39, 0.29) is 18.5 Å². The Morgan fingerprint density at radius 2 is 1.93 bits per heavy atom. The van der Waals surface area contributed by atoms with Crippen molar-refractivity contribution in [2.24, 2.45) is 0 Å². The van der Waals surface area contributed by atoms with Crippen LogP contribution < -0.4 is 4.90 Å². The lowest BCUT2D eigenvalue weighted by molar-refractivity contribution is 0.0733. The summed E-state index contributed by atoms with van der Waals surface area (Å²) in [6.07, 6.45) is 2.13. The van der Waals surface area contributed by atoms with Crippen molar-refractivity contribution < 1.29 is 19.1 Å². The molecule has 3 rings (SSSR count). The van der Waals surface area contributed by atoms with Crippen molar-refractivity contribution in [3.05, 3.63) is 53.5 Å². The maximum absolute atomic E-state index is 12.8. The Morgan fingerprint density at radius 3 is 2.72 bits per heavy atom. The van der Waals surface area contributed by atoms with Crippen LogP contribution in [0.5, 0.6) is 0 Å². The van der Waals surface area contributed by atoms with Gasteiger partial charge in [-0.3, -0.25) is 9.78 Å². The summed E-state index contributed by atoms with van der Waals surface area (Å²) in [5.74, 6) is 0.586. The molecule has 1 aliphatic rings. The molecule has 0 aromatic carbocycles. The Morgan fingerprint density at radius 1 is 1.07 bits per heavy atom. The molecule has 1 fully saturated rings. The summed E-state index contributed by atoms with van der Waals surface area (Å²) in [7, 11) is 1.57. The Bertz CT molecular complexity index is 858. The molecule has 8 heteroatoms. The van der Waals surface area contributed by atoms with E-state index in [2.05, 4.69) is 14.9 Å². The topological polar surface area (TPSA) is 84.9 Å². The van der Waals surface area contributed by atoms with Crippen LogP contribution in [0.4, 0.5) is 10.6 Å². The van der Waals surface area contributed by atoms with Gasteiger partial charge < -0.3 is 19.3 Å². The van der Waals surface area contributed by atoms with Gasteiger partial charge in [0.05, 0.1) is 6.61 Å². The maximum atomic E-state index is 12.8. The van der Waals surface area contributed by atoms with Gasteiger partial charge in [-0.1, -0.05) is 6.07 Å². The fraction of sp³-hybridized carbons (Fsp3) is 0.429. The molecule has 0 atom stereocenters. The number of aryl methyl sites for hydroxylation is 1. The number of amides is 1. The third-order valence-electron chi connectivity index (χ3n) is 4.81. The zero-order chi connectivity index (χ0) is 20.6. The quantitative estimate of drug-likeness (QED) is 0.545. The van der Waals surface area contributed by atoms with E-state index >= 15 is 0 Å². The number of carbonyl (C=O) groups is 2. The molecule has 1 saturated heterocycles. The van der Waals surface area contributed by atoms with Gasteiger partial charge in [0.2, 0.25) is 5.78 Å². The number of rotatable bonds is 6. The molecule has 0 spiro atoms. The molecule has 2 aromatic rings. The highest BCUT2D eigenvalue weighted by Gasteiger charge is 2.22. The van der Waals surface area contributed by atoms with E-state index < -0.39 is 0 Å². The lowest BCUT2D eigenvalue weighted by atomic mass is 10.1. The number of hydrogen-bond acceptors (Lipinski definition) is 7. The van der Waals surface area contributed by atoms with Gasteiger partial charge in [-0.25, -0.2) is 9.78 Å². The number of aromatic nitrogens is 2. The lowest BCUT2D eigenvalue weighted by Crippen LogP contribution is -2.36. The van der Waals surface area contributed by atoms with Crippen molar-refractivity contribution in [1.29, 1.82) is 0 Å². The minimum Gasteiger partial charge on any atom is -0.447 e. The van der Waals surface area contributed by atoms with E-state index in [1.807, 2.05) is 19.1 Å². The molecular formula is C21H26N4O4. The number of pyridine rings is 2.